The molecule has 4 rings (SSSR count). The molecule has 3 atom stereocenters. The fourth-order valence-electron chi connectivity index (χ4n) is 4.20. The van der Waals surface area contributed by atoms with E-state index in [9.17, 15) is 18.0 Å². The van der Waals surface area contributed by atoms with Gasteiger partial charge in [-0.2, -0.15) is 10.1 Å². The van der Waals surface area contributed by atoms with Crippen LogP contribution in [0.15, 0.2) is 30.6 Å². The summed E-state index contributed by atoms with van der Waals surface area (Å²) in [5.41, 5.74) is 0.633. The third-order valence-corrected chi connectivity index (χ3v) is 5.61. The normalized spacial score (nSPS) is 24.7. The van der Waals surface area contributed by atoms with Crippen LogP contribution in [0.1, 0.15) is 30.9 Å². The third kappa shape index (κ3) is 3.83. The van der Waals surface area contributed by atoms with Crippen LogP contribution in [-0.2, 0) is 11.2 Å². The number of benzene rings is 1. The van der Waals surface area contributed by atoms with Crippen molar-refractivity contribution in [3.8, 4) is 0 Å². The molecule has 6 nitrogen and oxygen atoms in total. The van der Waals surface area contributed by atoms with Crippen LogP contribution < -0.4 is 5.32 Å². The number of alkyl halides is 2. The molecule has 0 aliphatic carbocycles. The molecular formula is C19H22F3N5O. The largest absolute Gasteiger partial charge is 0.351 e. The number of hydrogen-bond donors (Lipinski definition) is 1. The Bertz CT molecular complexity index is 842. The fraction of sp³-hybridized carbons (Fsp3) is 0.526. The van der Waals surface area contributed by atoms with Gasteiger partial charge in [0, 0.05) is 19.1 Å². The van der Waals surface area contributed by atoms with Gasteiger partial charge in [0.1, 0.15) is 18.2 Å². The number of piperidine rings is 1. The van der Waals surface area contributed by atoms with Gasteiger partial charge < -0.3 is 10.2 Å². The maximum atomic E-state index is 13.5. The molecule has 0 radical (unpaired) electrons. The van der Waals surface area contributed by atoms with Crippen LogP contribution in [0.3, 0.4) is 0 Å². The lowest BCUT2D eigenvalue weighted by Gasteiger charge is -2.40. The number of carbonyl (C=O) groups excluding carboxylic acids is 1. The Morgan fingerprint density at radius 3 is 3.00 bits per heavy atom. The molecule has 2 aliphatic heterocycles. The van der Waals surface area contributed by atoms with Crippen molar-refractivity contribution in [2.75, 3.05) is 18.4 Å². The molecule has 2 aromatic rings. The van der Waals surface area contributed by atoms with E-state index >= 15 is 0 Å². The van der Waals surface area contributed by atoms with Crippen LogP contribution in [0, 0.1) is 11.7 Å². The number of likely N-dealkylation sites (tertiary alicyclic amines) is 1. The standard InChI is InChI=1S/C19H22F3N5O/c20-14-5-1-3-12(7-14)8-17(28)26-6-2-4-13(10-26)15-9-16(18(21)22)27-19(25-15)23-11-24-27/h1,3,5,7,11,13,15-16,18H,2,4,6,8-10H2,(H,23,24,25)/t13-,15+,16-/m1/s1. The van der Waals surface area contributed by atoms with E-state index in [1.807, 2.05) is 0 Å². The lowest BCUT2D eigenvalue weighted by molar-refractivity contribution is -0.132. The molecule has 2 aliphatic rings. The lowest BCUT2D eigenvalue weighted by atomic mass is 9.86. The number of aromatic nitrogens is 3. The number of amides is 1. The highest BCUT2D eigenvalue weighted by molar-refractivity contribution is 5.78. The zero-order chi connectivity index (χ0) is 19.7. The summed E-state index contributed by atoms with van der Waals surface area (Å²) >= 11 is 0. The highest BCUT2D eigenvalue weighted by Crippen LogP contribution is 2.35. The second-order valence-electron chi connectivity index (χ2n) is 7.47. The number of carbonyl (C=O) groups is 1. The summed E-state index contributed by atoms with van der Waals surface area (Å²) in [5.74, 6) is -0.0308. The van der Waals surface area contributed by atoms with Crippen molar-refractivity contribution in [3.63, 3.8) is 0 Å². The summed E-state index contributed by atoms with van der Waals surface area (Å²) in [6.45, 7) is 1.13. The molecule has 0 unspecified atom stereocenters. The number of nitrogens with zero attached hydrogens (tertiary/aromatic N) is 4. The summed E-state index contributed by atoms with van der Waals surface area (Å²) in [6, 6.07) is 4.82. The first-order valence-corrected chi connectivity index (χ1v) is 9.47. The Balaban J connectivity index is 1.43. The van der Waals surface area contributed by atoms with Gasteiger partial charge in [0.15, 0.2) is 0 Å². The van der Waals surface area contributed by atoms with Crippen LogP contribution in [-0.4, -0.2) is 51.1 Å². The van der Waals surface area contributed by atoms with Crippen LogP contribution in [0.25, 0.3) is 0 Å². The molecule has 1 amide bonds. The molecule has 1 aromatic heterocycles. The lowest BCUT2D eigenvalue weighted by Crippen LogP contribution is -2.48. The Morgan fingerprint density at radius 2 is 2.21 bits per heavy atom. The summed E-state index contributed by atoms with van der Waals surface area (Å²) < 4.78 is 41.6. The van der Waals surface area contributed by atoms with E-state index < -0.39 is 12.5 Å². The van der Waals surface area contributed by atoms with E-state index in [-0.39, 0.29) is 36.5 Å². The Labute approximate surface area is 160 Å². The smallest absolute Gasteiger partial charge is 0.260 e. The van der Waals surface area contributed by atoms with Gasteiger partial charge in [-0.25, -0.2) is 17.9 Å². The number of hydrogen-bond acceptors (Lipinski definition) is 4. The predicted molar refractivity (Wildman–Crippen MR) is 96.5 cm³/mol. The van der Waals surface area contributed by atoms with Crippen molar-refractivity contribution in [1.29, 1.82) is 0 Å². The first-order chi connectivity index (χ1) is 13.5. The van der Waals surface area contributed by atoms with Crippen molar-refractivity contribution < 1.29 is 18.0 Å². The van der Waals surface area contributed by atoms with Gasteiger partial charge in [0.25, 0.3) is 6.43 Å². The molecule has 1 fully saturated rings. The zero-order valence-electron chi connectivity index (χ0n) is 15.3. The van der Waals surface area contributed by atoms with Crippen LogP contribution in [0.5, 0.6) is 0 Å². The van der Waals surface area contributed by atoms with E-state index in [4.69, 9.17) is 0 Å². The summed E-state index contributed by atoms with van der Waals surface area (Å²) in [6.07, 6.45) is 0.783. The van der Waals surface area contributed by atoms with Crippen molar-refractivity contribution in [2.24, 2.45) is 5.92 Å². The average Bonchev–Trinajstić information content (AvgIpc) is 3.16. The molecule has 1 saturated heterocycles. The molecule has 9 heteroatoms. The van der Waals surface area contributed by atoms with Crippen LogP contribution >= 0.6 is 0 Å². The second-order valence-corrected chi connectivity index (χ2v) is 7.47. The highest BCUT2D eigenvalue weighted by Gasteiger charge is 2.38. The average molecular weight is 393 g/mol. The van der Waals surface area contributed by atoms with E-state index in [0.29, 0.717) is 24.6 Å². The summed E-state index contributed by atoms with van der Waals surface area (Å²) in [7, 11) is 0. The minimum absolute atomic E-state index is 0.0527. The molecule has 1 N–H and O–H groups in total. The molecule has 28 heavy (non-hydrogen) atoms. The van der Waals surface area contributed by atoms with Crippen molar-refractivity contribution in [3.05, 3.63) is 42.0 Å². The molecular weight excluding hydrogens is 371 g/mol. The molecule has 0 saturated carbocycles. The fourth-order valence-corrected chi connectivity index (χ4v) is 4.20. The molecule has 1 aromatic carbocycles. The SMILES string of the molecule is O=C(Cc1cccc(F)c1)N1CCC[C@@H]([C@@H]2C[C@H](C(F)F)n3ncnc3N2)C1. The number of fused-ring (bicyclic) bond motifs is 1. The van der Waals surface area contributed by atoms with Crippen LogP contribution in [0.2, 0.25) is 0 Å². The van der Waals surface area contributed by atoms with E-state index in [1.54, 1.807) is 17.0 Å². The van der Waals surface area contributed by atoms with Gasteiger partial charge in [-0.05, 0) is 42.9 Å². The van der Waals surface area contributed by atoms with E-state index in [1.165, 1.54) is 23.1 Å². The van der Waals surface area contributed by atoms with Gasteiger partial charge in [-0.1, -0.05) is 12.1 Å². The van der Waals surface area contributed by atoms with Gasteiger partial charge in [0.05, 0.1) is 6.42 Å². The highest BCUT2D eigenvalue weighted by atomic mass is 19.3. The van der Waals surface area contributed by atoms with Gasteiger partial charge in [0.2, 0.25) is 11.9 Å². The minimum atomic E-state index is -2.53. The minimum Gasteiger partial charge on any atom is -0.351 e. The van der Waals surface area contributed by atoms with Gasteiger partial charge in [-0.15, -0.1) is 0 Å². The van der Waals surface area contributed by atoms with Crippen molar-refractivity contribution >= 4 is 11.9 Å². The topological polar surface area (TPSA) is 63.1 Å². The molecule has 0 spiro atoms. The molecule has 150 valence electrons. The van der Waals surface area contributed by atoms with Crippen LogP contribution in [0.4, 0.5) is 19.1 Å². The summed E-state index contributed by atoms with van der Waals surface area (Å²) in [5, 5.41) is 7.12. The number of anilines is 1. The third-order valence-electron chi connectivity index (χ3n) is 5.61. The van der Waals surface area contributed by atoms with Gasteiger partial charge in [-0.3, -0.25) is 4.79 Å². The first kappa shape index (κ1) is 18.8. The monoisotopic (exact) mass is 393 g/mol. The Morgan fingerprint density at radius 1 is 1.36 bits per heavy atom. The maximum absolute atomic E-state index is 13.5. The molecule has 3 heterocycles. The van der Waals surface area contributed by atoms with E-state index in [0.717, 1.165) is 12.8 Å². The molecule has 0 bridgehead atoms. The number of nitrogens with one attached hydrogen (secondary N) is 1. The predicted octanol–water partition coefficient (Wildman–Crippen LogP) is 2.89. The van der Waals surface area contributed by atoms with Crippen molar-refractivity contribution in [1.82, 2.24) is 19.7 Å². The summed E-state index contributed by atoms with van der Waals surface area (Å²) in [4.78, 5) is 18.5. The quantitative estimate of drug-likeness (QED) is 0.868. The maximum Gasteiger partial charge on any atom is 0.260 e. The van der Waals surface area contributed by atoms with Crippen molar-refractivity contribution in [2.45, 2.75) is 44.2 Å². The van der Waals surface area contributed by atoms with Gasteiger partial charge >= 0.3 is 0 Å². The van der Waals surface area contributed by atoms with E-state index in [2.05, 4.69) is 15.4 Å². The second kappa shape index (κ2) is 7.81. The number of rotatable bonds is 4. The number of halogens is 3. The zero-order valence-corrected chi connectivity index (χ0v) is 15.3. The Hall–Kier alpha value is -2.58. The first-order valence-electron chi connectivity index (χ1n) is 9.47. The Kier molecular flexibility index (Phi) is 5.23.